The van der Waals surface area contributed by atoms with Gasteiger partial charge in [-0.1, -0.05) is 35.4 Å². The quantitative estimate of drug-likeness (QED) is 0.608. The fourth-order valence-electron chi connectivity index (χ4n) is 2.91. The molecule has 1 amide bonds. The van der Waals surface area contributed by atoms with Crippen molar-refractivity contribution in [3.8, 4) is 0 Å². The van der Waals surface area contributed by atoms with Gasteiger partial charge in [-0.2, -0.15) is 0 Å². The minimum absolute atomic E-state index is 0.0955. The van der Waals surface area contributed by atoms with E-state index in [1.807, 2.05) is 50.2 Å². The standard InChI is InChI=1S/C21H24ClN3O2/c1-14-5-3-6-16(11-14)20(26)25-21(23-13-18-7-4-10-27-18)24-19-12-17(22)9-8-15(19)2/h3,5-6,8-9,11-12,18H,4,7,10,13H2,1-2H3,(H2,23,24,25,26)/t18-/m0/s1. The lowest BCUT2D eigenvalue weighted by Gasteiger charge is -2.15. The lowest BCUT2D eigenvalue weighted by Crippen LogP contribution is -2.37. The summed E-state index contributed by atoms with van der Waals surface area (Å²) < 4.78 is 5.63. The van der Waals surface area contributed by atoms with Crippen LogP contribution in [0.2, 0.25) is 5.02 Å². The molecule has 0 saturated carbocycles. The monoisotopic (exact) mass is 385 g/mol. The number of ether oxygens (including phenoxy) is 1. The number of nitrogens with one attached hydrogen (secondary N) is 2. The van der Waals surface area contributed by atoms with Gasteiger partial charge in [0.25, 0.3) is 5.91 Å². The fraction of sp³-hybridized carbons (Fsp3) is 0.333. The smallest absolute Gasteiger partial charge is 0.257 e. The summed E-state index contributed by atoms with van der Waals surface area (Å²) in [5, 5.41) is 6.70. The van der Waals surface area contributed by atoms with Gasteiger partial charge < -0.3 is 10.1 Å². The van der Waals surface area contributed by atoms with Gasteiger partial charge in [0.1, 0.15) is 0 Å². The van der Waals surface area contributed by atoms with Crippen LogP contribution in [0, 0.1) is 13.8 Å². The second kappa shape index (κ2) is 9.02. The summed E-state index contributed by atoms with van der Waals surface area (Å²) in [6.07, 6.45) is 2.13. The number of amides is 1. The van der Waals surface area contributed by atoms with E-state index in [-0.39, 0.29) is 12.0 Å². The Morgan fingerprint density at radius 2 is 2.11 bits per heavy atom. The highest BCUT2D eigenvalue weighted by Gasteiger charge is 2.16. The molecular weight excluding hydrogens is 362 g/mol. The maximum absolute atomic E-state index is 12.7. The fourth-order valence-corrected chi connectivity index (χ4v) is 3.09. The second-order valence-corrected chi connectivity index (χ2v) is 7.17. The first kappa shape index (κ1) is 19.4. The molecule has 5 nitrogen and oxygen atoms in total. The number of guanidine groups is 1. The second-order valence-electron chi connectivity index (χ2n) is 6.73. The SMILES string of the molecule is Cc1cccc(C(=O)NC(=NC[C@@H]2CCCO2)Nc2cc(Cl)ccc2C)c1. The molecule has 27 heavy (non-hydrogen) atoms. The van der Waals surface area contributed by atoms with Crippen molar-refractivity contribution in [1.82, 2.24) is 5.32 Å². The van der Waals surface area contributed by atoms with Crippen LogP contribution in [0.1, 0.15) is 34.3 Å². The highest BCUT2D eigenvalue weighted by Crippen LogP contribution is 2.20. The van der Waals surface area contributed by atoms with Gasteiger partial charge in [-0.15, -0.1) is 0 Å². The number of anilines is 1. The number of aliphatic imine (C=N–C) groups is 1. The molecule has 2 N–H and O–H groups in total. The molecule has 1 fully saturated rings. The van der Waals surface area contributed by atoms with E-state index in [0.29, 0.717) is 23.1 Å². The van der Waals surface area contributed by atoms with Crippen molar-refractivity contribution < 1.29 is 9.53 Å². The molecule has 3 rings (SSSR count). The van der Waals surface area contributed by atoms with Crippen LogP contribution in [-0.4, -0.2) is 31.1 Å². The van der Waals surface area contributed by atoms with Gasteiger partial charge in [-0.25, -0.2) is 4.99 Å². The van der Waals surface area contributed by atoms with Crippen molar-refractivity contribution in [2.75, 3.05) is 18.5 Å². The minimum atomic E-state index is -0.211. The lowest BCUT2D eigenvalue weighted by molar-refractivity contribution is 0.0975. The number of halogens is 1. The summed E-state index contributed by atoms with van der Waals surface area (Å²) in [4.78, 5) is 17.2. The Kier molecular flexibility index (Phi) is 6.48. The van der Waals surface area contributed by atoms with Crippen molar-refractivity contribution in [2.24, 2.45) is 4.99 Å². The number of hydrogen-bond acceptors (Lipinski definition) is 3. The normalized spacial score (nSPS) is 17.0. The van der Waals surface area contributed by atoms with E-state index in [1.165, 1.54) is 0 Å². The Balaban J connectivity index is 1.79. The molecule has 0 radical (unpaired) electrons. The Bertz CT molecular complexity index is 845. The molecule has 1 saturated heterocycles. The van der Waals surface area contributed by atoms with Gasteiger partial charge in [-0.05, 0) is 56.5 Å². The van der Waals surface area contributed by atoms with E-state index in [1.54, 1.807) is 6.07 Å². The maximum Gasteiger partial charge on any atom is 0.257 e. The molecule has 1 atom stereocenters. The molecule has 2 aromatic carbocycles. The summed E-state index contributed by atoms with van der Waals surface area (Å²) in [6.45, 7) is 5.19. The number of carbonyl (C=O) groups excluding carboxylic acids is 1. The van der Waals surface area contributed by atoms with E-state index in [2.05, 4.69) is 15.6 Å². The summed E-state index contributed by atoms with van der Waals surface area (Å²) >= 11 is 6.11. The number of carbonyl (C=O) groups is 1. The van der Waals surface area contributed by atoms with Crippen LogP contribution < -0.4 is 10.6 Å². The topological polar surface area (TPSA) is 62.7 Å². The van der Waals surface area contributed by atoms with Gasteiger partial charge in [-0.3, -0.25) is 10.1 Å². The van der Waals surface area contributed by atoms with Gasteiger partial charge in [0.05, 0.1) is 12.6 Å². The molecule has 2 aromatic rings. The van der Waals surface area contributed by atoms with Crippen molar-refractivity contribution >= 4 is 29.2 Å². The first-order valence-corrected chi connectivity index (χ1v) is 9.46. The highest BCUT2D eigenvalue weighted by molar-refractivity contribution is 6.31. The Labute approximate surface area is 164 Å². The number of nitrogens with zero attached hydrogens (tertiary/aromatic N) is 1. The predicted molar refractivity (Wildman–Crippen MR) is 110 cm³/mol. The zero-order valence-electron chi connectivity index (χ0n) is 15.6. The number of rotatable bonds is 4. The molecule has 0 spiro atoms. The van der Waals surface area contributed by atoms with Crippen LogP contribution in [0.15, 0.2) is 47.5 Å². The van der Waals surface area contributed by atoms with Gasteiger partial charge in [0.15, 0.2) is 0 Å². The molecule has 0 aliphatic carbocycles. The van der Waals surface area contributed by atoms with Gasteiger partial charge in [0, 0.05) is 22.9 Å². The molecule has 0 unspecified atom stereocenters. The van der Waals surface area contributed by atoms with Crippen LogP contribution in [0.4, 0.5) is 5.69 Å². The number of benzene rings is 2. The van der Waals surface area contributed by atoms with Crippen molar-refractivity contribution in [2.45, 2.75) is 32.8 Å². The third-order valence-electron chi connectivity index (χ3n) is 4.44. The van der Waals surface area contributed by atoms with E-state index in [0.717, 1.165) is 36.3 Å². The van der Waals surface area contributed by atoms with Crippen molar-refractivity contribution in [3.05, 3.63) is 64.2 Å². The van der Waals surface area contributed by atoms with Crippen LogP contribution in [-0.2, 0) is 4.74 Å². The van der Waals surface area contributed by atoms with Crippen molar-refractivity contribution in [3.63, 3.8) is 0 Å². The lowest BCUT2D eigenvalue weighted by atomic mass is 10.1. The number of hydrogen-bond donors (Lipinski definition) is 2. The van der Waals surface area contributed by atoms with E-state index in [9.17, 15) is 4.79 Å². The highest BCUT2D eigenvalue weighted by atomic mass is 35.5. The van der Waals surface area contributed by atoms with E-state index < -0.39 is 0 Å². The summed E-state index contributed by atoms with van der Waals surface area (Å²) in [5.41, 5.74) is 3.43. The third kappa shape index (κ3) is 5.55. The molecule has 0 aromatic heterocycles. The summed E-state index contributed by atoms with van der Waals surface area (Å²) in [5.74, 6) is 0.180. The van der Waals surface area contributed by atoms with Crippen molar-refractivity contribution in [1.29, 1.82) is 0 Å². The molecule has 1 heterocycles. The molecule has 142 valence electrons. The van der Waals surface area contributed by atoms with Crippen LogP contribution in [0.5, 0.6) is 0 Å². The average Bonchev–Trinajstić information content (AvgIpc) is 3.16. The zero-order valence-corrected chi connectivity index (χ0v) is 16.3. The predicted octanol–water partition coefficient (Wildman–Crippen LogP) is 4.33. The number of aryl methyl sites for hydroxylation is 2. The van der Waals surface area contributed by atoms with E-state index >= 15 is 0 Å². The molecule has 1 aliphatic heterocycles. The van der Waals surface area contributed by atoms with Gasteiger partial charge in [0.2, 0.25) is 5.96 Å². The molecule has 6 heteroatoms. The third-order valence-corrected chi connectivity index (χ3v) is 4.68. The zero-order chi connectivity index (χ0) is 19.2. The Morgan fingerprint density at radius 3 is 2.85 bits per heavy atom. The minimum Gasteiger partial charge on any atom is -0.376 e. The Hall–Kier alpha value is -2.37. The molecule has 0 bridgehead atoms. The first-order chi connectivity index (χ1) is 13.0. The van der Waals surface area contributed by atoms with Crippen LogP contribution in [0.3, 0.4) is 0 Å². The maximum atomic E-state index is 12.7. The molecular formula is C21H24ClN3O2. The summed E-state index contributed by atoms with van der Waals surface area (Å²) in [7, 11) is 0. The van der Waals surface area contributed by atoms with Gasteiger partial charge >= 0.3 is 0 Å². The first-order valence-electron chi connectivity index (χ1n) is 9.08. The molecule has 1 aliphatic rings. The average molecular weight is 386 g/mol. The van der Waals surface area contributed by atoms with Crippen LogP contribution >= 0.6 is 11.6 Å². The largest absolute Gasteiger partial charge is 0.376 e. The van der Waals surface area contributed by atoms with Crippen LogP contribution in [0.25, 0.3) is 0 Å². The summed E-state index contributed by atoms with van der Waals surface area (Å²) in [6, 6.07) is 13.0. The van der Waals surface area contributed by atoms with E-state index in [4.69, 9.17) is 16.3 Å². The Morgan fingerprint density at radius 1 is 1.26 bits per heavy atom.